The number of fused-ring (bicyclic) bond motifs is 1. The van der Waals surface area contributed by atoms with E-state index < -0.39 is 6.09 Å². The van der Waals surface area contributed by atoms with Crippen LogP contribution in [-0.2, 0) is 4.74 Å². The van der Waals surface area contributed by atoms with Crippen molar-refractivity contribution in [1.29, 1.82) is 0 Å². The van der Waals surface area contributed by atoms with Crippen LogP contribution in [0.5, 0.6) is 0 Å². The first-order valence-electron chi connectivity index (χ1n) is 7.23. The van der Waals surface area contributed by atoms with E-state index in [1.807, 2.05) is 24.3 Å². The summed E-state index contributed by atoms with van der Waals surface area (Å²) in [7, 11) is 0. The minimum absolute atomic E-state index is 0.378. The number of allylic oxidation sites excluding steroid dienone is 1. The third-order valence-corrected chi connectivity index (χ3v) is 4.12. The summed E-state index contributed by atoms with van der Waals surface area (Å²) in [6.45, 7) is 2.17. The molecule has 1 fully saturated rings. The van der Waals surface area contributed by atoms with E-state index in [2.05, 4.69) is 22.8 Å². The van der Waals surface area contributed by atoms with Gasteiger partial charge in [-0.2, -0.15) is 0 Å². The summed E-state index contributed by atoms with van der Waals surface area (Å²) < 4.78 is 4.84. The number of hydrogen-bond donors (Lipinski definition) is 2. The Hall–Kier alpha value is -1.97. The number of hydrogen-bond acceptors (Lipinski definition) is 3. The van der Waals surface area contributed by atoms with Crippen molar-refractivity contribution in [2.24, 2.45) is 11.8 Å². The molecule has 106 valence electrons. The normalized spacial score (nSPS) is 26.6. The molecule has 4 nitrogen and oxygen atoms in total. The molecule has 0 aromatic heterocycles. The molecule has 1 aromatic rings. The van der Waals surface area contributed by atoms with Crippen LogP contribution in [0.4, 0.5) is 16.2 Å². The standard InChI is InChI=1S/C16H20N2O2/c1-2-20-16(19)18-13-8-6-12(7-9-13)17-15-10-11-4-3-5-14(11)15/h3,5-9,11,14-15,17H,2,4,10H2,1H3,(H,18,19). The lowest BCUT2D eigenvalue weighted by Crippen LogP contribution is -2.43. The van der Waals surface area contributed by atoms with Gasteiger partial charge in [0.25, 0.3) is 0 Å². The maximum atomic E-state index is 11.3. The van der Waals surface area contributed by atoms with Gasteiger partial charge in [-0.15, -0.1) is 0 Å². The van der Waals surface area contributed by atoms with Crippen LogP contribution in [0.25, 0.3) is 0 Å². The van der Waals surface area contributed by atoms with Crippen LogP contribution < -0.4 is 10.6 Å². The summed E-state index contributed by atoms with van der Waals surface area (Å²) >= 11 is 0. The zero-order valence-corrected chi connectivity index (χ0v) is 11.6. The molecule has 20 heavy (non-hydrogen) atoms. The average molecular weight is 272 g/mol. The molecule has 0 aliphatic heterocycles. The Morgan fingerprint density at radius 2 is 2.05 bits per heavy atom. The van der Waals surface area contributed by atoms with Gasteiger partial charge in [-0.05, 0) is 49.9 Å². The largest absolute Gasteiger partial charge is 0.450 e. The molecule has 3 rings (SSSR count). The van der Waals surface area contributed by atoms with E-state index in [-0.39, 0.29) is 0 Å². The lowest BCUT2D eigenvalue weighted by molar-refractivity contribution is 0.168. The Morgan fingerprint density at radius 1 is 1.30 bits per heavy atom. The molecular weight excluding hydrogens is 252 g/mol. The molecule has 4 heteroatoms. The molecule has 3 atom stereocenters. The summed E-state index contributed by atoms with van der Waals surface area (Å²) in [5.41, 5.74) is 1.85. The first-order chi connectivity index (χ1) is 9.76. The van der Waals surface area contributed by atoms with Gasteiger partial charge in [0.15, 0.2) is 0 Å². The maximum absolute atomic E-state index is 11.3. The minimum Gasteiger partial charge on any atom is -0.450 e. The zero-order chi connectivity index (χ0) is 13.9. The number of amides is 1. The number of carbonyl (C=O) groups is 1. The second kappa shape index (κ2) is 5.57. The predicted molar refractivity (Wildman–Crippen MR) is 79.9 cm³/mol. The van der Waals surface area contributed by atoms with Crippen molar-refractivity contribution < 1.29 is 9.53 Å². The van der Waals surface area contributed by atoms with Gasteiger partial charge in [-0.25, -0.2) is 4.79 Å². The van der Waals surface area contributed by atoms with E-state index in [9.17, 15) is 4.79 Å². The highest BCUT2D eigenvalue weighted by Crippen LogP contribution is 2.44. The monoisotopic (exact) mass is 272 g/mol. The second-order valence-electron chi connectivity index (χ2n) is 5.41. The number of carbonyl (C=O) groups excluding carboxylic acids is 1. The van der Waals surface area contributed by atoms with E-state index in [1.165, 1.54) is 12.8 Å². The van der Waals surface area contributed by atoms with Crippen LogP contribution in [0.1, 0.15) is 19.8 Å². The highest BCUT2D eigenvalue weighted by atomic mass is 16.5. The van der Waals surface area contributed by atoms with Gasteiger partial charge >= 0.3 is 6.09 Å². The zero-order valence-electron chi connectivity index (χ0n) is 11.6. The maximum Gasteiger partial charge on any atom is 0.411 e. The second-order valence-corrected chi connectivity index (χ2v) is 5.41. The highest BCUT2D eigenvalue weighted by molar-refractivity contribution is 5.84. The fourth-order valence-electron chi connectivity index (χ4n) is 3.03. The van der Waals surface area contributed by atoms with E-state index >= 15 is 0 Å². The fourth-order valence-corrected chi connectivity index (χ4v) is 3.03. The number of rotatable bonds is 4. The van der Waals surface area contributed by atoms with Crippen LogP contribution in [0.2, 0.25) is 0 Å². The molecule has 0 radical (unpaired) electrons. The van der Waals surface area contributed by atoms with Gasteiger partial charge in [0.2, 0.25) is 0 Å². The molecule has 1 aromatic carbocycles. The van der Waals surface area contributed by atoms with Crippen LogP contribution in [0.3, 0.4) is 0 Å². The van der Waals surface area contributed by atoms with Crippen LogP contribution in [0, 0.1) is 11.8 Å². The Morgan fingerprint density at radius 3 is 2.75 bits per heavy atom. The summed E-state index contributed by atoms with van der Waals surface area (Å²) in [6.07, 6.45) is 6.71. The first-order valence-corrected chi connectivity index (χ1v) is 7.23. The molecule has 2 aliphatic carbocycles. The Kier molecular flexibility index (Phi) is 3.63. The van der Waals surface area contributed by atoms with Crippen LogP contribution in [0.15, 0.2) is 36.4 Å². The number of nitrogens with one attached hydrogen (secondary N) is 2. The Labute approximate surface area is 119 Å². The quantitative estimate of drug-likeness (QED) is 0.823. The predicted octanol–water partition coefficient (Wildman–Crippen LogP) is 3.63. The van der Waals surface area contributed by atoms with Crippen molar-refractivity contribution in [2.45, 2.75) is 25.8 Å². The van der Waals surface area contributed by atoms with Gasteiger partial charge in [-0.3, -0.25) is 5.32 Å². The summed E-state index contributed by atoms with van der Waals surface area (Å²) in [5.74, 6) is 1.56. The number of ether oxygens (including phenoxy) is 1. The van der Waals surface area contributed by atoms with Gasteiger partial charge in [0, 0.05) is 23.3 Å². The van der Waals surface area contributed by atoms with Crippen LogP contribution >= 0.6 is 0 Å². The molecule has 0 spiro atoms. The highest BCUT2D eigenvalue weighted by Gasteiger charge is 2.40. The third kappa shape index (κ3) is 2.64. The number of benzene rings is 1. The summed E-state index contributed by atoms with van der Waals surface area (Å²) in [4.78, 5) is 11.3. The molecule has 2 aliphatic rings. The summed E-state index contributed by atoms with van der Waals surface area (Å²) in [5, 5.41) is 6.25. The molecule has 2 N–H and O–H groups in total. The lowest BCUT2D eigenvalue weighted by Gasteiger charge is -2.41. The Balaban J connectivity index is 1.54. The van der Waals surface area contributed by atoms with Crippen molar-refractivity contribution in [3.63, 3.8) is 0 Å². The molecular formula is C16H20N2O2. The number of anilines is 2. The van der Waals surface area contributed by atoms with Crippen molar-refractivity contribution in [2.75, 3.05) is 17.2 Å². The van der Waals surface area contributed by atoms with E-state index in [0.717, 1.165) is 17.3 Å². The van der Waals surface area contributed by atoms with Gasteiger partial charge in [-0.1, -0.05) is 12.2 Å². The molecule has 0 saturated heterocycles. The molecule has 1 amide bonds. The lowest BCUT2D eigenvalue weighted by atomic mass is 9.71. The van der Waals surface area contributed by atoms with Crippen molar-refractivity contribution in [1.82, 2.24) is 0 Å². The molecule has 3 unspecified atom stereocenters. The fraction of sp³-hybridized carbons (Fsp3) is 0.438. The van der Waals surface area contributed by atoms with Crippen molar-refractivity contribution in [3.05, 3.63) is 36.4 Å². The van der Waals surface area contributed by atoms with Gasteiger partial charge < -0.3 is 10.1 Å². The van der Waals surface area contributed by atoms with E-state index in [4.69, 9.17) is 4.74 Å². The van der Waals surface area contributed by atoms with Crippen LogP contribution in [-0.4, -0.2) is 18.7 Å². The molecule has 0 bridgehead atoms. The van der Waals surface area contributed by atoms with Gasteiger partial charge in [0.1, 0.15) is 0 Å². The Bertz CT molecular complexity index is 510. The minimum atomic E-state index is -0.411. The third-order valence-electron chi connectivity index (χ3n) is 4.12. The van der Waals surface area contributed by atoms with Crippen molar-refractivity contribution in [3.8, 4) is 0 Å². The van der Waals surface area contributed by atoms with E-state index in [1.54, 1.807) is 6.92 Å². The smallest absolute Gasteiger partial charge is 0.411 e. The molecule has 1 saturated carbocycles. The topological polar surface area (TPSA) is 50.4 Å². The molecule has 0 heterocycles. The van der Waals surface area contributed by atoms with Gasteiger partial charge in [0.05, 0.1) is 6.61 Å². The summed E-state index contributed by atoms with van der Waals surface area (Å²) in [6, 6.07) is 8.32. The average Bonchev–Trinajstić information content (AvgIpc) is 2.79. The first kappa shape index (κ1) is 13.0. The van der Waals surface area contributed by atoms with Crippen molar-refractivity contribution >= 4 is 17.5 Å². The van der Waals surface area contributed by atoms with E-state index in [0.29, 0.717) is 18.6 Å². The SMILES string of the molecule is CCOC(=O)Nc1ccc(NC2CC3CC=CC32)cc1.